The minimum absolute atomic E-state index is 0.246. The Labute approximate surface area is 150 Å². The number of imide groups is 1. The van der Waals surface area contributed by atoms with Crippen LogP contribution in [0.15, 0.2) is 0 Å². The van der Waals surface area contributed by atoms with Crippen molar-refractivity contribution in [3.8, 4) is 0 Å². The molecule has 7 nitrogen and oxygen atoms in total. The molecule has 0 aromatic heterocycles. The standard InChI is InChI=1S/C18H32N4O3/c1-5-14(4)20-10-7-18(8-11-20)16(24)21(12-15(19)23)17(25)22(18)9-6-13(2)3/h13-14H,5-12H2,1-4H3,(H2,19,23). The minimum Gasteiger partial charge on any atom is -0.368 e. The Hall–Kier alpha value is -1.63. The molecule has 0 bridgehead atoms. The molecule has 25 heavy (non-hydrogen) atoms. The van der Waals surface area contributed by atoms with Crippen molar-refractivity contribution < 1.29 is 14.4 Å². The van der Waals surface area contributed by atoms with Gasteiger partial charge in [-0.2, -0.15) is 0 Å². The van der Waals surface area contributed by atoms with E-state index in [1.165, 1.54) is 0 Å². The van der Waals surface area contributed by atoms with Gasteiger partial charge in [0, 0.05) is 25.7 Å². The number of piperidine rings is 1. The molecule has 142 valence electrons. The molecule has 0 aromatic rings. The van der Waals surface area contributed by atoms with Crippen LogP contribution in [0.1, 0.15) is 53.4 Å². The SMILES string of the molecule is CCC(C)N1CCC2(CC1)C(=O)N(CC(N)=O)C(=O)N2CCC(C)C. The van der Waals surface area contributed by atoms with E-state index >= 15 is 0 Å². The number of amides is 4. The van der Waals surface area contributed by atoms with Crippen LogP contribution in [-0.4, -0.2) is 70.3 Å². The van der Waals surface area contributed by atoms with Crippen LogP contribution >= 0.6 is 0 Å². The van der Waals surface area contributed by atoms with Crippen LogP contribution in [0.4, 0.5) is 4.79 Å². The molecular formula is C18H32N4O3. The molecule has 2 saturated heterocycles. The van der Waals surface area contributed by atoms with Gasteiger partial charge in [0.1, 0.15) is 12.1 Å². The highest BCUT2D eigenvalue weighted by Crippen LogP contribution is 2.38. The van der Waals surface area contributed by atoms with Crippen molar-refractivity contribution >= 4 is 17.8 Å². The Bertz CT molecular complexity index is 526. The van der Waals surface area contributed by atoms with Gasteiger partial charge in [0.2, 0.25) is 5.91 Å². The largest absolute Gasteiger partial charge is 0.368 e. The predicted octanol–water partition coefficient (Wildman–Crippen LogP) is 1.42. The zero-order chi connectivity index (χ0) is 18.8. The number of primary amides is 1. The van der Waals surface area contributed by atoms with Crippen molar-refractivity contribution in [3.05, 3.63) is 0 Å². The van der Waals surface area contributed by atoms with Crippen LogP contribution in [0.3, 0.4) is 0 Å². The number of hydrogen-bond acceptors (Lipinski definition) is 4. The first-order chi connectivity index (χ1) is 11.7. The van der Waals surface area contributed by atoms with Crippen molar-refractivity contribution in [1.82, 2.24) is 14.7 Å². The second-order valence-electron chi connectivity index (χ2n) is 7.80. The van der Waals surface area contributed by atoms with E-state index in [9.17, 15) is 14.4 Å². The van der Waals surface area contributed by atoms with E-state index in [0.29, 0.717) is 31.3 Å². The van der Waals surface area contributed by atoms with Gasteiger partial charge in [-0.1, -0.05) is 20.8 Å². The lowest BCUT2D eigenvalue weighted by Crippen LogP contribution is -2.58. The van der Waals surface area contributed by atoms with E-state index < -0.39 is 11.4 Å². The summed E-state index contributed by atoms with van der Waals surface area (Å²) in [6, 6.07) is 0.108. The number of likely N-dealkylation sites (tertiary alicyclic amines) is 1. The maximum Gasteiger partial charge on any atom is 0.328 e. The number of rotatable bonds is 7. The Morgan fingerprint density at radius 1 is 1.20 bits per heavy atom. The highest BCUT2D eigenvalue weighted by Gasteiger charge is 2.58. The van der Waals surface area contributed by atoms with Crippen molar-refractivity contribution in [2.45, 2.75) is 65.0 Å². The first-order valence-corrected chi connectivity index (χ1v) is 9.38. The van der Waals surface area contributed by atoms with Crippen LogP contribution < -0.4 is 5.73 Å². The molecular weight excluding hydrogens is 320 g/mol. The van der Waals surface area contributed by atoms with Gasteiger partial charge < -0.3 is 15.5 Å². The fourth-order valence-electron chi connectivity index (χ4n) is 3.85. The Morgan fingerprint density at radius 3 is 2.28 bits per heavy atom. The van der Waals surface area contributed by atoms with E-state index in [-0.39, 0.29) is 18.5 Å². The molecule has 1 spiro atoms. The average Bonchev–Trinajstić information content (AvgIpc) is 2.74. The molecule has 1 unspecified atom stereocenters. The van der Waals surface area contributed by atoms with Gasteiger partial charge in [-0.25, -0.2) is 4.79 Å². The van der Waals surface area contributed by atoms with Crippen LogP contribution in [0.2, 0.25) is 0 Å². The van der Waals surface area contributed by atoms with Gasteiger partial charge >= 0.3 is 6.03 Å². The molecule has 1 atom stereocenters. The quantitative estimate of drug-likeness (QED) is 0.702. The third-order valence-electron chi connectivity index (χ3n) is 5.71. The fraction of sp³-hybridized carbons (Fsp3) is 0.833. The summed E-state index contributed by atoms with van der Waals surface area (Å²) >= 11 is 0. The van der Waals surface area contributed by atoms with Crippen molar-refractivity contribution in [2.75, 3.05) is 26.2 Å². The number of urea groups is 1. The zero-order valence-electron chi connectivity index (χ0n) is 16.0. The number of carbonyl (C=O) groups excluding carboxylic acids is 3. The van der Waals surface area contributed by atoms with Crippen molar-refractivity contribution in [1.29, 1.82) is 0 Å². The number of nitrogens with two attached hydrogens (primary N) is 1. The van der Waals surface area contributed by atoms with E-state index in [1.807, 2.05) is 0 Å². The van der Waals surface area contributed by atoms with Crippen molar-refractivity contribution in [2.24, 2.45) is 11.7 Å². The predicted molar refractivity (Wildman–Crippen MR) is 95.8 cm³/mol. The second kappa shape index (κ2) is 7.72. The average molecular weight is 352 g/mol. The Morgan fingerprint density at radius 2 is 1.80 bits per heavy atom. The molecule has 2 N–H and O–H groups in total. The molecule has 2 rings (SSSR count). The van der Waals surface area contributed by atoms with Crippen LogP contribution in [0.25, 0.3) is 0 Å². The lowest BCUT2D eigenvalue weighted by atomic mass is 9.85. The summed E-state index contributed by atoms with van der Waals surface area (Å²) in [5, 5.41) is 0. The summed E-state index contributed by atoms with van der Waals surface area (Å²) in [5.74, 6) is -0.464. The molecule has 0 radical (unpaired) electrons. The Balaban J connectivity index is 2.23. The third kappa shape index (κ3) is 3.81. The van der Waals surface area contributed by atoms with Crippen LogP contribution in [0, 0.1) is 5.92 Å². The molecule has 7 heteroatoms. The first kappa shape index (κ1) is 19.7. The van der Waals surface area contributed by atoms with Gasteiger partial charge in [-0.05, 0) is 38.5 Å². The minimum atomic E-state index is -0.800. The van der Waals surface area contributed by atoms with Gasteiger partial charge in [-0.3, -0.25) is 14.5 Å². The number of carbonyl (C=O) groups is 3. The second-order valence-corrected chi connectivity index (χ2v) is 7.80. The monoisotopic (exact) mass is 352 g/mol. The zero-order valence-corrected chi connectivity index (χ0v) is 16.0. The summed E-state index contributed by atoms with van der Waals surface area (Å²) < 4.78 is 0. The van der Waals surface area contributed by atoms with Gasteiger partial charge in [0.15, 0.2) is 0 Å². The fourth-order valence-corrected chi connectivity index (χ4v) is 3.85. The normalized spacial score (nSPS) is 22.3. The molecule has 0 aliphatic carbocycles. The molecule has 2 fully saturated rings. The van der Waals surface area contributed by atoms with E-state index in [1.54, 1.807) is 4.90 Å². The molecule has 4 amide bonds. The van der Waals surface area contributed by atoms with Crippen LogP contribution in [-0.2, 0) is 9.59 Å². The Kier molecular flexibility index (Phi) is 6.08. The van der Waals surface area contributed by atoms with Gasteiger partial charge in [-0.15, -0.1) is 0 Å². The highest BCUT2D eigenvalue weighted by atomic mass is 16.2. The maximum absolute atomic E-state index is 13.1. The summed E-state index contributed by atoms with van der Waals surface area (Å²) in [7, 11) is 0. The first-order valence-electron chi connectivity index (χ1n) is 9.38. The molecule has 2 aliphatic heterocycles. The van der Waals surface area contributed by atoms with E-state index in [4.69, 9.17) is 5.73 Å². The van der Waals surface area contributed by atoms with E-state index in [2.05, 4.69) is 32.6 Å². The summed E-state index contributed by atoms with van der Waals surface area (Å²) in [4.78, 5) is 42.4. The summed E-state index contributed by atoms with van der Waals surface area (Å²) in [5.41, 5.74) is 4.45. The highest BCUT2D eigenvalue weighted by molar-refractivity contribution is 6.09. The van der Waals surface area contributed by atoms with Crippen LogP contribution in [0.5, 0.6) is 0 Å². The van der Waals surface area contributed by atoms with Gasteiger partial charge in [0.05, 0.1) is 0 Å². The van der Waals surface area contributed by atoms with E-state index in [0.717, 1.165) is 30.8 Å². The molecule has 0 aromatic carbocycles. The third-order valence-corrected chi connectivity index (χ3v) is 5.71. The smallest absolute Gasteiger partial charge is 0.328 e. The molecule has 0 saturated carbocycles. The lowest BCUT2D eigenvalue weighted by Gasteiger charge is -2.44. The molecule has 2 aliphatic rings. The van der Waals surface area contributed by atoms with Gasteiger partial charge in [0.25, 0.3) is 5.91 Å². The maximum atomic E-state index is 13.1. The molecule has 2 heterocycles. The summed E-state index contributed by atoms with van der Waals surface area (Å²) in [6.07, 6.45) is 3.13. The summed E-state index contributed by atoms with van der Waals surface area (Å²) in [6.45, 7) is 10.3. The topological polar surface area (TPSA) is 87.0 Å². The number of hydrogen-bond donors (Lipinski definition) is 1. The van der Waals surface area contributed by atoms with Crippen molar-refractivity contribution in [3.63, 3.8) is 0 Å². The lowest BCUT2D eigenvalue weighted by molar-refractivity contribution is -0.138. The number of nitrogens with zero attached hydrogens (tertiary/aromatic N) is 3.